The van der Waals surface area contributed by atoms with Crippen LogP contribution >= 0.6 is 11.6 Å². The van der Waals surface area contributed by atoms with Gasteiger partial charge in [-0.3, -0.25) is 9.59 Å². The fraction of sp³-hybridized carbons (Fsp3) is 0.579. The highest BCUT2D eigenvalue weighted by atomic mass is 35.5. The molecule has 3 aliphatic rings. The molecule has 0 unspecified atom stereocenters. The number of carbonyl (C=O) groups is 2. The molecule has 2 saturated heterocycles. The summed E-state index contributed by atoms with van der Waals surface area (Å²) in [5.74, 6) is 0.161. The molecule has 140 valence electrons. The summed E-state index contributed by atoms with van der Waals surface area (Å²) in [7, 11) is 0. The number of benzene rings is 1. The van der Waals surface area contributed by atoms with E-state index in [4.69, 9.17) is 21.1 Å². The van der Waals surface area contributed by atoms with Crippen molar-refractivity contribution in [1.82, 2.24) is 4.90 Å². The number of likely N-dealkylation sites (tertiary alicyclic amines) is 1. The summed E-state index contributed by atoms with van der Waals surface area (Å²) in [6, 6.07) is 5.51. The first-order valence-corrected chi connectivity index (χ1v) is 9.62. The molecule has 1 saturated carbocycles. The molecule has 2 atom stereocenters. The lowest BCUT2D eigenvalue weighted by Gasteiger charge is -2.17. The average molecular weight is 379 g/mol. The second kappa shape index (κ2) is 7.45. The zero-order valence-electron chi connectivity index (χ0n) is 14.6. The van der Waals surface area contributed by atoms with E-state index in [0.717, 1.165) is 32.3 Å². The van der Waals surface area contributed by atoms with Crippen LogP contribution in [0.2, 0.25) is 5.02 Å². The van der Waals surface area contributed by atoms with E-state index in [2.05, 4.69) is 5.32 Å². The standard InChI is InChI=1S/C19H23ClN2O4/c20-13-3-6-17(26-11-15-2-1-7-25-15)16(9-13)21-19(24)12-8-18(23)22(10-12)14-4-5-14/h3,6,9,12,14-15H,1-2,4-5,7-8,10-11H2,(H,21,24)/t12-,15-/m0/s1. The van der Waals surface area contributed by atoms with Gasteiger partial charge in [-0.15, -0.1) is 0 Å². The van der Waals surface area contributed by atoms with Crippen LogP contribution in [0.1, 0.15) is 32.1 Å². The third-order valence-corrected chi connectivity index (χ3v) is 5.40. The summed E-state index contributed by atoms with van der Waals surface area (Å²) >= 11 is 6.09. The van der Waals surface area contributed by atoms with Crippen LogP contribution in [-0.2, 0) is 14.3 Å². The predicted octanol–water partition coefficient (Wildman–Crippen LogP) is 2.85. The molecule has 2 aliphatic heterocycles. The molecule has 6 nitrogen and oxygen atoms in total. The molecule has 0 spiro atoms. The Balaban J connectivity index is 1.40. The number of nitrogens with zero attached hydrogens (tertiary/aromatic N) is 1. The van der Waals surface area contributed by atoms with E-state index in [0.29, 0.717) is 35.7 Å². The first-order chi connectivity index (χ1) is 12.6. The minimum Gasteiger partial charge on any atom is -0.489 e. The van der Waals surface area contributed by atoms with E-state index in [-0.39, 0.29) is 30.3 Å². The van der Waals surface area contributed by atoms with Crippen LogP contribution in [0.25, 0.3) is 0 Å². The number of anilines is 1. The van der Waals surface area contributed by atoms with Crippen molar-refractivity contribution in [3.05, 3.63) is 23.2 Å². The molecular weight excluding hydrogens is 356 g/mol. The summed E-state index contributed by atoms with van der Waals surface area (Å²) in [5.41, 5.74) is 0.540. The first-order valence-electron chi connectivity index (χ1n) is 9.24. The molecule has 2 amide bonds. The number of carbonyl (C=O) groups excluding carboxylic acids is 2. The SMILES string of the molecule is O=C(Nc1cc(Cl)ccc1OC[C@@H]1CCCO1)[C@H]1CC(=O)N(C2CC2)C1. The molecule has 0 bridgehead atoms. The average Bonchev–Trinajstić information content (AvgIpc) is 3.17. The lowest BCUT2D eigenvalue weighted by molar-refractivity contribution is -0.128. The van der Waals surface area contributed by atoms with Crippen molar-refractivity contribution in [2.24, 2.45) is 5.92 Å². The molecular formula is C19H23ClN2O4. The zero-order valence-corrected chi connectivity index (χ0v) is 15.3. The molecule has 0 radical (unpaired) electrons. The van der Waals surface area contributed by atoms with Crippen LogP contribution < -0.4 is 10.1 Å². The number of nitrogens with one attached hydrogen (secondary N) is 1. The number of halogens is 1. The molecule has 26 heavy (non-hydrogen) atoms. The predicted molar refractivity (Wildman–Crippen MR) is 97.4 cm³/mol. The lowest BCUT2D eigenvalue weighted by atomic mass is 10.1. The van der Waals surface area contributed by atoms with Gasteiger partial charge in [-0.05, 0) is 43.9 Å². The van der Waals surface area contributed by atoms with Crippen molar-refractivity contribution in [3.8, 4) is 5.75 Å². The van der Waals surface area contributed by atoms with E-state index in [1.54, 1.807) is 18.2 Å². The minimum atomic E-state index is -0.326. The van der Waals surface area contributed by atoms with Gasteiger partial charge in [-0.1, -0.05) is 11.6 Å². The van der Waals surface area contributed by atoms with Gasteiger partial charge in [-0.2, -0.15) is 0 Å². The van der Waals surface area contributed by atoms with Gasteiger partial charge in [0.1, 0.15) is 12.4 Å². The number of amides is 2. The summed E-state index contributed by atoms with van der Waals surface area (Å²) in [5, 5.41) is 3.42. The van der Waals surface area contributed by atoms with Crippen LogP contribution in [0.4, 0.5) is 5.69 Å². The largest absolute Gasteiger partial charge is 0.489 e. The van der Waals surface area contributed by atoms with Crippen molar-refractivity contribution in [3.63, 3.8) is 0 Å². The molecule has 3 fully saturated rings. The smallest absolute Gasteiger partial charge is 0.229 e. The first kappa shape index (κ1) is 17.6. The van der Waals surface area contributed by atoms with Gasteiger partial charge >= 0.3 is 0 Å². The quantitative estimate of drug-likeness (QED) is 0.826. The van der Waals surface area contributed by atoms with Crippen molar-refractivity contribution in [2.75, 3.05) is 25.1 Å². The number of hydrogen-bond donors (Lipinski definition) is 1. The zero-order chi connectivity index (χ0) is 18.1. The Labute approximate surface area is 157 Å². The second-order valence-corrected chi connectivity index (χ2v) is 7.69. The number of hydrogen-bond acceptors (Lipinski definition) is 4. The Morgan fingerprint density at radius 2 is 2.19 bits per heavy atom. The lowest BCUT2D eigenvalue weighted by Crippen LogP contribution is -2.30. The topological polar surface area (TPSA) is 67.9 Å². The number of ether oxygens (including phenoxy) is 2. The Kier molecular flexibility index (Phi) is 5.05. The third-order valence-electron chi connectivity index (χ3n) is 5.17. The fourth-order valence-electron chi connectivity index (χ4n) is 3.57. The summed E-state index contributed by atoms with van der Waals surface area (Å²) in [6.07, 6.45) is 4.50. The van der Waals surface area contributed by atoms with Gasteiger partial charge in [0.25, 0.3) is 0 Å². The molecule has 2 heterocycles. The number of rotatable bonds is 6. The third kappa shape index (κ3) is 3.96. The Hall–Kier alpha value is -1.79. The summed E-state index contributed by atoms with van der Waals surface area (Å²) in [4.78, 5) is 26.6. The molecule has 7 heteroatoms. The Morgan fingerprint density at radius 1 is 1.35 bits per heavy atom. The van der Waals surface area contributed by atoms with Gasteiger partial charge < -0.3 is 19.7 Å². The molecule has 1 aromatic carbocycles. The van der Waals surface area contributed by atoms with Crippen LogP contribution in [0.15, 0.2) is 18.2 Å². The molecule has 1 N–H and O–H groups in total. The monoisotopic (exact) mass is 378 g/mol. The molecule has 0 aromatic heterocycles. The van der Waals surface area contributed by atoms with Gasteiger partial charge in [0.05, 0.1) is 17.7 Å². The van der Waals surface area contributed by atoms with Crippen molar-refractivity contribution in [1.29, 1.82) is 0 Å². The molecule has 1 aliphatic carbocycles. The highest BCUT2D eigenvalue weighted by molar-refractivity contribution is 6.31. The van der Waals surface area contributed by atoms with Gasteiger partial charge in [0.2, 0.25) is 11.8 Å². The van der Waals surface area contributed by atoms with Crippen LogP contribution in [0, 0.1) is 5.92 Å². The second-order valence-electron chi connectivity index (χ2n) is 7.25. The van der Waals surface area contributed by atoms with Crippen molar-refractivity contribution >= 4 is 29.1 Å². The van der Waals surface area contributed by atoms with Gasteiger partial charge in [0, 0.05) is 30.6 Å². The molecule has 4 rings (SSSR count). The fourth-order valence-corrected chi connectivity index (χ4v) is 3.74. The molecule has 1 aromatic rings. The maximum absolute atomic E-state index is 12.7. The minimum absolute atomic E-state index is 0.0774. The van der Waals surface area contributed by atoms with Crippen LogP contribution in [0.3, 0.4) is 0 Å². The highest BCUT2D eigenvalue weighted by Crippen LogP contribution is 2.34. The highest BCUT2D eigenvalue weighted by Gasteiger charge is 2.41. The van der Waals surface area contributed by atoms with E-state index in [1.807, 2.05) is 4.90 Å². The van der Waals surface area contributed by atoms with Crippen LogP contribution in [0.5, 0.6) is 5.75 Å². The maximum atomic E-state index is 12.7. The Bertz CT molecular complexity index is 701. The van der Waals surface area contributed by atoms with E-state index < -0.39 is 0 Å². The Morgan fingerprint density at radius 3 is 2.92 bits per heavy atom. The maximum Gasteiger partial charge on any atom is 0.229 e. The van der Waals surface area contributed by atoms with E-state index in [9.17, 15) is 9.59 Å². The summed E-state index contributed by atoms with van der Waals surface area (Å²) < 4.78 is 11.4. The van der Waals surface area contributed by atoms with Crippen LogP contribution in [-0.4, -0.2) is 48.6 Å². The van der Waals surface area contributed by atoms with E-state index >= 15 is 0 Å². The van der Waals surface area contributed by atoms with Gasteiger partial charge in [-0.25, -0.2) is 0 Å². The van der Waals surface area contributed by atoms with Crippen molar-refractivity contribution < 1.29 is 19.1 Å². The van der Waals surface area contributed by atoms with E-state index in [1.165, 1.54) is 0 Å². The van der Waals surface area contributed by atoms with Crippen molar-refractivity contribution in [2.45, 2.75) is 44.2 Å². The summed E-state index contributed by atoms with van der Waals surface area (Å²) in [6.45, 7) is 1.72. The van der Waals surface area contributed by atoms with Gasteiger partial charge in [0.15, 0.2) is 0 Å². The normalized spacial score (nSPS) is 25.6.